The standard InChI is InChI=1S/C21H23F3N2O/c1-14-6-8-16(9-7-14)20(27)25-18-13-17(21(22,23)24)10-11-19(18)26-12-4-3-5-15(26)2/h6-11,13,15H,3-5,12H2,1-2H3,(H,25,27). The Bertz CT molecular complexity index is 815. The number of nitrogens with one attached hydrogen (secondary N) is 1. The summed E-state index contributed by atoms with van der Waals surface area (Å²) in [5.41, 5.74) is 1.49. The predicted molar refractivity (Wildman–Crippen MR) is 101 cm³/mol. The van der Waals surface area contributed by atoms with Crippen molar-refractivity contribution in [2.75, 3.05) is 16.8 Å². The molecule has 0 aliphatic carbocycles. The maximum Gasteiger partial charge on any atom is 0.416 e. The molecule has 0 saturated carbocycles. The molecule has 144 valence electrons. The Morgan fingerprint density at radius 1 is 1.11 bits per heavy atom. The lowest BCUT2D eigenvalue weighted by molar-refractivity contribution is -0.137. The van der Waals surface area contributed by atoms with Crippen molar-refractivity contribution in [1.82, 2.24) is 0 Å². The third-order valence-electron chi connectivity index (χ3n) is 5.00. The maximum absolute atomic E-state index is 13.2. The van der Waals surface area contributed by atoms with Gasteiger partial charge in [-0.3, -0.25) is 4.79 Å². The Morgan fingerprint density at radius 3 is 2.44 bits per heavy atom. The highest BCUT2D eigenvalue weighted by atomic mass is 19.4. The molecule has 2 aromatic rings. The third-order valence-corrected chi connectivity index (χ3v) is 5.00. The number of halogens is 3. The molecule has 1 aliphatic heterocycles. The molecule has 0 radical (unpaired) electrons. The first-order valence-electron chi connectivity index (χ1n) is 9.11. The molecule has 6 heteroatoms. The summed E-state index contributed by atoms with van der Waals surface area (Å²) in [6.07, 6.45) is -1.40. The molecule has 1 amide bonds. The Morgan fingerprint density at radius 2 is 1.81 bits per heavy atom. The van der Waals surface area contributed by atoms with Crippen LogP contribution in [0.5, 0.6) is 0 Å². The van der Waals surface area contributed by atoms with Gasteiger partial charge in [-0.25, -0.2) is 0 Å². The first-order chi connectivity index (χ1) is 12.8. The van der Waals surface area contributed by atoms with Crippen LogP contribution in [0.4, 0.5) is 24.5 Å². The molecular formula is C21H23F3N2O. The Hall–Kier alpha value is -2.50. The maximum atomic E-state index is 13.2. The molecule has 1 atom stereocenters. The molecule has 0 bridgehead atoms. The number of carbonyl (C=O) groups excluding carboxylic acids is 1. The predicted octanol–water partition coefficient (Wildman–Crippen LogP) is 5.64. The van der Waals surface area contributed by atoms with Crippen LogP contribution in [0, 0.1) is 6.92 Å². The molecule has 1 aliphatic rings. The van der Waals surface area contributed by atoms with Gasteiger partial charge in [-0.05, 0) is 63.4 Å². The van der Waals surface area contributed by atoms with Crippen LogP contribution in [-0.2, 0) is 6.18 Å². The van der Waals surface area contributed by atoms with Crippen LogP contribution in [-0.4, -0.2) is 18.5 Å². The molecule has 1 unspecified atom stereocenters. The number of hydrogen-bond donors (Lipinski definition) is 1. The van der Waals surface area contributed by atoms with Crippen molar-refractivity contribution in [1.29, 1.82) is 0 Å². The molecule has 1 N–H and O–H groups in total. The first-order valence-corrected chi connectivity index (χ1v) is 9.11. The minimum atomic E-state index is -4.46. The van der Waals surface area contributed by atoms with Gasteiger partial charge in [-0.2, -0.15) is 13.2 Å². The zero-order valence-electron chi connectivity index (χ0n) is 15.4. The van der Waals surface area contributed by atoms with Crippen LogP contribution in [0.25, 0.3) is 0 Å². The summed E-state index contributed by atoms with van der Waals surface area (Å²) in [6, 6.07) is 10.7. The van der Waals surface area contributed by atoms with Gasteiger partial charge in [-0.15, -0.1) is 0 Å². The van der Waals surface area contributed by atoms with E-state index in [0.29, 0.717) is 11.3 Å². The average Bonchev–Trinajstić information content (AvgIpc) is 2.62. The van der Waals surface area contributed by atoms with E-state index in [1.54, 1.807) is 24.3 Å². The van der Waals surface area contributed by atoms with E-state index < -0.39 is 17.6 Å². The smallest absolute Gasteiger partial charge is 0.367 e. The molecule has 3 nitrogen and oxygen atoms in total. The lowest BCUT2D eigenvalue weighted by Crippen LogP contribution is -2.38. The quantitative estimate of drug-likeness (QED) is 0.751. The summed E-state index contributed by atoms with van der Waals surface area (Å²) in [7, 11) is 0. The molecule has 1 heterocycles. The number of amides is 1. The summed E-state index contributed by atoms with van der Waals surface area (Å²) in [6.45, 7) is 4.73. The van der Waals surface area contributed by atoms with Crippen LogP contribution in [0.3, 0.4) is 0 Å². The van der Waals surface area contributed by atoms with E-state index in [0.717, 1.165) is 43.5 Å². The van der Waals surface area contributed by atoms with E-state index in [-0.39, 0.29) is 11.7 Å². The number of hydrogen-bond acceptors (Lipinski definition) is 2. The largest absolute Gasteiger partial charge is 0.416 e. The van der Waals surface area contributed by atoms with Crippen LogP contribution >= 0.6 is 0 Å². The second kappa shape index (κ2) is 7.62. The van der Waals surface area contributed by atoms with E-state index in [2.05, 4.69) is 17.1 Å². The number of benzene rings is 2. The number of nitrogens with zero attached hydrogens (tertiary/aromatic N) is 1. The minimum absolute atomic E-state index is 0.198. The molecular weight excluding hydrogens is 353 g/mol. The van der Waals surface area contributed by atoms with E-state index >= 15 is 0 Å². The number of anilines is 2. The fraction of sp³-hybridized carbons (Fsp3) is 0.381. The second-order valence-electron chi connectivity index (χ2n) is 7.09. The highest BCUT2D eigenvalue weighted by Crippen LogP contribution is 2.37. The SMILES string of the molecule is Cc1ccc(C(=O)Nc2cc(C(F)(F)F)ccc2N2CCCCC2C)cc1. The summed E-state index contributed by atoms with van der Waals surface area (Å²) in [5.74, 6) is -0.416. The number of piperidine rings is 1. The molecule has 3 rings (SSSR count). The Kier molecular flexibility index (Phi) is 5.44. The van der Waals surface area contributed by atoms with Gasteiger partial charge in [0.05, 0.1) is 16.9 Å². The summed E-state index contributed by atoms with van der Waals surface area (Å²) in [5, 5.41) is 2.70. The first kappa shape index (κ1) is 19.3. The second-order valence-corrected chi connectivity index (χ2v) is 7.09. The van der Waals surface area contributed by atoms with Crippen molar-refractivity contribution in [2.24, 2.45) is 0 Å². The van der Waals surface area contributed by atoms with Gasteiger partial charge >= 0.3 is 6.18 Å². The summed E-state index contributed by atoms with van der Waals surface area (Å²) < 4.78 is 39.6. The normalized spacial score (nSPS) is 17.7. The van der Waals surface area contributed by atoms with Crippen LogP contribution in [0.1, 0.15) is 47.7 Å². The zero-order valence-corrected chi connectivity index (χ0v) is 15.4. The van der Waals surface area contributed by atoms with Gasteiger partial charge in [0.25, 0.3) is 5.91 Å². The van der Waals surface area contributed by atoms with E-state index in [9.17, 15) is 18.0 Å². The van der Waals surface area contributed by atoms with Gasteiger partial charge in [0.2, 0.25) is 0 Å². The van der Waals surface area contributed by atoms with Crippen molar-refractivity contribution < 1.29 is 18.0 Å². The van der Waals surface area contributed by atoms with Gasteiger partial charge in [0.15, 0.2) is 0 Å². The zero-order chi connectivity index (χ0) is 19.6. The van der Waals surface area contributed by atoms with Crippen LogP contribution < -0.4 is 10.2 Å². The fourth-order valence-corrected chi connectivity index (χ4v) is 3.42. The Labute approximate surface area is 157 Å². The lowest BCUT2D eigenvalue weighted by Gasteiger charge is -2.36. The number of rotatable bonds is 3. The van der Waals surface area contributed by atoms with Crippen molar-refractivity contribution in [3.05, 3.63) is 59.2 Å². The third kappa shape index (κ3) is 4.43. The van der Waals surface area contributed by atoms with Gasteiger partial charge in [0, 0.05) is 18.2 Å². The van der Waals surface area contributed by atoms with Gasteiger partial charge < -0.3 is 10.2 Å². The van der Waals surface area contributed by atoms with E-state index in [1.165, 1.54) is 6.07 Å². The average molecular weight is 376 g/mol. The van der Waals surface area contributed by atoms with Crippen LogP contribution in [0.2, 0.25) is 0 Å². The van der Waals surface area contributed by atoms with E-state index in [4.69, 9.17) is 0 Å². The number of aryl methyl sites for hydroxylation is 1. The molecule has 0 spiro atoms. The minimum Gasteiger partial charge on any atom is -0.367 e. The van der Waals surface area contributed by atoms with Gasteiger partial charge in [-0.1, -0.05) is 17.7 Å². The summed E-state index contributed by atoms with van der Waals surface area (Å²) >= 11 is 0. The molecule has 1 fully saturated rings. The summed E-state index contributed by atoms with van der Waals surface area (Å²) in [4.78, 5) is 14.7. The molecule has 1 saturated heterocycles. The topological polar surface area (TPSA) is 32.3 Å². The van der Waals surface area contributed by atoms with Crippen molar-refractivity contribution in [3.8, 4) is 0 Å². The van der Waals surface area contributed by atoms with Crippen molar-refractivity contribution >= 4 is 17.3 Å². The highest BCUT2D eigenvalue weighted by Gasteiger charge is 2.32. The fourth-order valence-electron chi connectivity index (χ4n) is 3.42. The van der Waals surface area contributed by atoms with E-state index in [1.807, 2.05) is 6.92 Å². The molecule has 27 heavy (non-hydrogen) atoms. The van der Waals surface area contributed by atoms with Crippen LogP contribution in [0.15, 0.2) is 42.5 Å². The highest BCUT2D eigenvalue weighted by molar-refractivity contribution is 6.06. The number of alkyl halides is 3. The lowest BCUT2D eigenvalue weighted by atomic mass is 10.0. The van der Waals surface area contributed by atoms with Gasteiger partial charge in [0.1, 0.15) is 0 Å². The van der Waals surface area contributed by atoms with Crippen molar-refractivity contribution in [3.63, 3.8) is 0 Å². The Balaban J connectivity index is 1.96. The van der Waals surface area contributed by atoms with Crippen molar-refractivity contribution in [2.45, 2.75) is 45.3 Å². The molecule has 0 aromatic heterocycles. The number of carbonyl (C=O) groups is 1. The molecule has 2 aromatic carbocycles. The monoisotopic (exact) mass is 376 g/mol.